The zero-order valence-corrected chi connectivity index (χ0v) is 24.4. The fourth-order valence-electron chi connectivity index (χ4n) is 6.25. The maximum atomic E-state index is 13.0. The number of hydrogen-bond acceptors (Lipinski definition) is 7. The van der Waals surface area contributed by atoms with Gasteiger partial charge in [-0.05, 0) is 73.2 Å². The molecule has 0 saturated carbocycles. The van der Waals surface area contributed by atoms with Crippen molar-refractivity contribution in [2.75, 3.05) is 25.0 Å². The van der Waals surface area contributed by atoms with E-state index in [1.165, 1.54) is 5.56 Å². The van der Waals surface area contributed by atoms with E-state index in [0.29, 0.717) is 35.7 Å². The van der Waals surface area contributed by atoms with Crippen LogP contribution in [0.3, 0.4) is 0 Å². The molecule has 2 aromatic carbocycles. The molecule has 1 atom stereocenters. The van der Waals surface area contributed by atoms with E-state index < -0.39 is 6.04 Å². The third-order valence-corrected chi connectivity index (χ3v) is 8.70. The first-order chi connectivity index (χ1) is 20.8. The fraction of sp³-hybridized carbons (Fsp3) is 0.375. The summed E-state index contributed by atoms with van der Waals surface area (Å²) in [6.07, 6.45) is 8.78. The van der Waals surface area contributed by atoms with Crippen molar-refractivity contribution < 1.29 is 19.2 Å². The molecule has 3 amide bonds. The summed E-state index contributed by atoms with van der Waals surface area (Å²) in [7, 11) is 3.74. The molecule has 1 N–H and O–H groups in total. The Morgan fingerprint density at radius 3 is 2.63 bits per heavy atom. The van der Waals surface area contributed by atoms with Gasteiger partial charge in [0, 0.05) is 50.9 Å². The second kappa shape index (κ2) is 11.9. The zero-order valence-electron chi connectivity index (χ0n) is 24.4. The topological polar surface area (TPSA) is 120 Å². The van der Waals surface area contributed by atoms with Gasteiger partial charge in [0.2, 0.25) is 11.8 Å². The molecule has 3 aliphatic heterocycles. The first kappa shape index (κ1) is 28.5. The van der Waals surface area contributed by atoms with Crippen molar-refractivity contribution in [2.24, 2.45) is 12.0 Å². The standard InChI is InChI=1S/C32H35N7O4/c1-36(26-15-34-37(2)18-26)20-33-28-6-3-21(13-25(28)19-40)16-38-11-9-22(10-12-38)23-4-5-27-24(14-23)17-39(32(27)43)29-7-8-30(41)35-31(29)42/h3-6,13-15,18-20,22,29H,7-12,16-17H2,1-2H3,(H,35,41,42). The van der Waals surface area contributed by atoms with Crippen LogP contribution in [-0.4, -0.2) is 76.1 Å². The number of hydrogen-bond donors (Lipinski definition) is 1. The molecule has 0 aliphatic carbocycles. The van der Waals surface area contributed by atoms with E-state index >= 15 is 0 Å². The zero-order chi connectivity index (χ0) is 30.1. The highest BCUT2D eigenvalue weighted by Gasteiger charge is 2.39. The summed E-state index contributed by atoms with van der Waals surface area (Å²) >= 11 is 0. The van der Waals surface area contributed by atoms with Crippen LogP contribution in [0.5, 0.6) is 0 Å². The molecule has 3 aromatic rings. The molecule has 0 radical (unpaired) electrons. The number of piperidine rings is 2. The largest absolute Gasteiger partial charge is 0.333 e. The Labute approximate surface area is 250 Å². The number of nitrogens with zero attached hydrogens (tertiary/aromatic N) is 6. The second-order valence-electron chi connectivity index (χ2n) is 11.6. The molecular formula is C32H35N7O4. The van der Waals surface area contributed by atoms with Gasteiger partial charge in [-0.3, -0.25) is 34.1 Å². The van der Waals surface area contributed by atoms with Crippen LogP contribution in [0.2, 0.25) is 0 Å². The van der Waals surface area contributed by atoms with Crippen LogP contribution in [-0.2, 0) is 29.7 Å². The number of aldehydes is 1. The number of carbonyl (C=O) groups is 4. The van der Waals surface area contributed by atoms with Crippen molar-refractivity contribution in [2.45, 2.75) is 50.7 Å². The summed E-state index contributed by atoms with van der Waals surface area (Å²) < 4.78 is 1.72. The van der Waals surface area contributed by atoms with Gasteiger partial charge in [0.25, 0.3) is 5.91 Å². The van der Waals surface area contributed by atoms with Gasteiger partial charge < -0.3 is 9.80 Å². The smallest absolute Gasteiger partial charge is 0.255 e. The molecular weight excluding hydrogens is 546 g/mol. The number of amides is 3. The van der Waals surface area contributed by atoms with E-state index in [9.17, 15) is 19.2 Å². The van der Waals surface area contributed by atoms with Crippen molar-refractivity contribution in [1.82, 2.24) is 24.9 Å². The van der Waals surface area contributed by atoms with Crippen molar-refractivity contribution in [3.8, 4) is 0 Å². The van der Waals surface area contributed by atoms with Crippen LogP contribution in [0.25, 0.3) is 0 Å². The van der Waals surface area contributed by atoms with Gasteiger partial charge in [0.1, 0.15) is 6.04 Å². The van der Waals surface area contributed by atoms with Gasteiger partial charge in [-0.2, -0.15) is 5.10 Å². The van der Waals surface area contributed by atoms with Crippen LogP contribution in [0, 0.1) is 0 Å². The average Bonchev–Trinajstić information content (AvgIpc) is 3.59. The third kappa shape index (κ3) is 5.98. The number of likely N-dealkylation sites (tertiary alicyclic amines) is 1. The average molecular weight is 582 g/mol. The van der Waals surface area contributed by atoms with Gasteiger partial charge in [-0.25, -0.2) is 4.99 Å². The summed E-state index contributed by atoms with van der Waals surface area (Å²) in [6, 6.07) is 11.3. The molecule has 11 nitrogen and oxygen atoms in total. The number of carbonyl (C=O) groups excluding carboxylic acids is 4. The van der Waals surface area contributed by atoms with E-state index in [0.717, 1.165) is 55.6 Å². The van der Waals surface area contributed by atoms with E-state index in [1.54, 1.807) is 22.1 Å². The van der Waals surface area contributed by atoms with Crippen LogP contribution in [0.1, 0.15) is 69.0 Å². The SMILES string of the molecule is CN(C=Nc1ccc(CN2CCC(c3ccc4c(c3)CN(C3CCC(=O)NC3=O)C4=O)CC2)cc1C=O)c1cnn(C)c1. The van der Waals surface area contributed by atoms with E-state index in [4.69, 9.17) is 0 Å². The Bertz CT molecular complexity index is 1600. The van der Waals surface area contributed by atoms with Gasteiger partial charge in [-0.1, -0.05) is 18.2 Å². The van der Waals surface area contributed by atoms with Crippen LogP contribution < -0.4 is 10.2 Å². The van der Waals surface area contributed by atoms with Crippen LogP contribution in [0.15, 0.2) is 53.8 Å². The highest BCUT2D eigenvalue weighted by molar-refractivity contribution is 6.05. The fourth-order valence-corrected chi connectivity index (χ4v) is 6.25. The Hall–Kier alpha value is -4.64. The van der Waals surface area contributed by atoms with Crippen molar-refractivity contribution in [3.63, 3.8) is 0 Å². The van der Waals surface area contributed by atoms with E-state index in [1.807, 2.05) is 55.5 Å². The normalized spacial score (nSPS) is 19.6. The number of benzene rings is 2. The van der Waals surface area contributed by atoms with Gasteiger partial charge >= 0.3 is 0 Å². The Kier molecular flexibility index (Phi) is 7.90. The lowest BCUT2D eigenvalue weighted by Crippen LogP contribution is -2.52. The molecule has 222 valence electrons. The van der Waals surface area contributed by atoms with Gasteiger partial charge in [0.15, 0.2) is 6.29 Å². The number of aryl methyl sites for hydroxylation is 1. The molecule has 1 unspecified atom stereocenters. The summed E-state index contributed by atoms with van der Waals surface area (Å²) in [5.41, 5.74) is 5.98. The number of rotatable bonds is 8. The van der Waals surface area contributed by atoms with Crippen molar-refractivity contribution in [1.29, 1.82) is 0 Å². The second-order valence-corrected chi connectivity index (χ2v) is 11.6. The summed E-state index contributed by atoms with van der Waals surface area (Å²) in [5, 5.41) is 6.53. The lowest BCUT2D eigenvalue weighted by molar-refractivity contribution is -0.136. The summed E-state index contributed by atoms with van der Waals surface area (Å²) in [6.45, 7) is 3.00. The summed E-state index contributed by atoms with van der Waals surface area (Å²) in [4.78, 5) is 59.2. The number of fused-ring (bicyclic) bond motifs is 1. The predicted molar refractivity (Wildman–Crippen MR) is 161 cm³/mol. The third-order valence-electron chi connectivity index (χ3n) is 8.70. The molecule has 0 bridgehead atoms. The highest BCUT2D eigenvalue weighted by atomic mass is 16.2. The Balaban J connectivity index is 1.05. The number of imide groups is 1. The molecule has 1 aromatic heterocycles. The van der Waals surface area contributed by atoms with E-state index in [2.05, 4.69) is 26.4 Å². The quantitative estimate of drug-likeness (QED) is 0.188. The molecule has 2 saturated heterocycles. The van der Waals surface area contributed by atoms with Crippen LogP contribution in [0.4, 0.5) is 11.4 Å². The first-order valence-electron chi connectivity index (χ1n) is 14.6. The monoisotopic (exact) mass is 581 g/mol. The predicted octanol–water partition coefficient (Wildman–Crippen LogP) is 3.17. The highest BCUT2D eigenvalue weighted by Crippen LogP contribution is 2.34. The number of aromatic nitrogens is 2. The van der Waals surface area contributed by atoms with Gasteiger partial charge in [-0.15, -0.1) is 0 Å². The maximum Gasteiger partial charge on any atom is 0.255 e. The lowest BCUT2D eigenvalue weighted by atomic mass is 9.87. The molecule has 2 fully saturated rings. The van der Waals surface area contributed by atoms with Crippen molar-refractivity contribution in [3.05, 3.63) is 76.6 Å². The molecule has 3 aliphatic rings. The maximum absolute atomic E-state index is 13.0. The molecule has 6 rings (SSSR count). The molecule has 0 spiro atoms. The minimum atomic E-state index is -0.599. The van der Waals surface area contributed by atoms with E-state index in [-0.39, 0.29) is 24.1 Å². The minimum absolute atomic E-state index is 0.141. The van der Waals surface area contributed by atoms with Crippen molar-refractivity contribution >= 4 is 41.7 Å². The Morgan fingerprint density at radius 1 is 1.09 bits per heavy atom. The minimum Gasteiger partial charge on any atom is -0.333 e. The Morgan fingerprint density at radius 2 is 1.91 bits per heavy atom. The number of anilines is 1. The molecule has 43 heavy (non-hydrogen) atoms. The molecule has 11 heteroatoms. The first-order valence-corrected chi connectivity index (χ1v) is 14.6. The number of nitrogens with one attached hydrogen (secondary N) is 1. The number of aliphatic imine (C=N–C) groups is 1. The van der Waals surface area contributed by atoms with Crippen LogP contribution >= 0.6 is 0 Å². The lowest BCUT2D eigenvalue weighted by Gasteiger charge is -2.32. The summed E-state index contributed by atoms with van der Waals surface area (Å²) in [5.74, 6) is -0.422. The molecule has 4 heterocycles. The van der Waals surface area contributed by atoms with Gasteiger partial charge in [0.05, 0.1) is 23.9 Å².